The van der Waals surface area contributed by atoms with Crippen LogP contribution in [-0.4, -0.2) is 51.2 Å². The van der Waals surface area contributed by atoms with Crippen molar-refractivity contribution in [3.63, 3.8) is 0 Å². The molecule has 1 aliphatic heterocycles. The average molecular weight is 553 g/mol. The molecule has 9 nitrogen and oxygen atoms in total. The molecule has 0 amide bonds. The molecule has 0 atom stereocenters. The van der Waals surface area contributed by atoms with E-state index < -0.39 is 10.0 Å². The minimum Gasteiger partial charge on any atom is -0.370 e. The third kappa shape index (κ3) is 4.46. The number of allylic oxidation sites excluding steroid dienone is 2. The Labute approximate surface area is 231 Å². The first-order valence-electron chi connectivity index (χ1n) is 12.9. The van der Waals surface area contributed by atoms with Crippen LogP contribution in [0.2, 0.25) is 0 Å². The van der Waals surface area contributed by atoms with Gasteiger partial charge in [-0.3, -0.25) is 18.4 Å². The predicted molar refractivity (Wildman–Crippen MR) is 160 cm³/mol. The third-order valence-corrected chi connectivity index (χ3v) is 8.26. The molecule has 4 heterocycles. The highest BCUT2D eigenvalue weighted by Crippen LogP contribution is 2.30. The van der Waals surface area contributed by atoms with Gasteiger partial charge in [0.1, 0.15) is 5.82 Å². The average Bonchev–Trinajstić information content (AvgIpc) is 3.23. The second-order valence-electron chi connectivity index (χ2n) is 9.72. The number of aryl methyl sites for hydroxylation is 1. The summed E-state index contributed by atoms with van der Waals surface area (Å²) < 4.78 is 28.2. The number of rotatable bonds is 6. The van der Waals surface area contributed by atoms with E-state index in [2.05, 4.69) is 21.4 Å². The van der Waals surface area contributed by atoms with Gasteiger partial charge in [-0.15, -0.1) is 0 Å². The van der Waals surface area contributed by atoms with E-state index in [4.69, 9.17) is 0 Å². The van der Waals surface area contributed by atoms with E-state index in [1.54, 1.807) is 34.7 Å². The number of benzene rings is 2. The molecule has 0 saturated carbocycles. The van der Waals surface area contributed by atoms with Crippen LogP contribution in [0.3, 0.4) is 0 Å². The zero-order valence-electron chi connectivity index (χ0n) is 22.4. The van der Waals surface area contributed by atoms with Crippen molar-refractivity contribution in [2.75, 3.05) is 24.7 Å². The lowest BCUT2D eigenvalue weighted by Crippen LogP contribution is -2.26. The maximum Gasteiger partial charge on any atom is 0.333 e. The van der Waals surface area contributed by atoms with Crippen molar-refractivity contribution in [1.29, 1.82) is 0 Å². The van der Waals surface area contributed by atoms with Crippen LogP contribution in [0.25, 0.3) is 44.3 Å². The quantitative estimate of drug-likeness (QED) is 0.332. The predicted octanol–water partition coefficient (Wildman–Crippen LogP) is 4.54. The molecule has 6 rings (SSSR count). The second-order valence-corrected chi connectivity index (χ2v) is 11.7. The molecule has 0 bridgehead atoms. The Balaban J connectivity index is 1.43. The molecule has 5 aromatic rings. The van der Waals surface area contributed by atoms with Gasteiger partial charge in [0.15, 0.2) is 0 Å². The Bertz CT molecular complexity index is 1990. The zero-order chi connectivity index (χ0) is 28.0. The number of hydrogen-bond acceptors (Lipinski definition) is 6. The maximum absolute atomic E-state index is 13.5. The number of fused-ring (bicyclic) bond motifs is 3. The normalized spacial score (nSPS) is 13.7. The van der Waals surface area contributed by atoms with E-state index in [-0.39, 0.29) is 12.2 Å². The summed E-state index contributed by atoms with van der Waals surface area (Å²) >= 11 is 0. The monoisotopic (exact) mass is 552 g/mol. The molecule has 1 aliphatic rings. The molecule has 0 saturated heterocycles. The summed E-state index contributed by atoms with van der Waals surface area (Å²) in [5.74, 6) is 0.823. The van der Waals surface area contributed by atoms with Crippen molar-refractivity contribution in [2.45, 2.75) is 6.92 Å². The molecule has 0 radical (unpaired) electrons. The van der Waals surface area contributed by atoms with Gasteiger partial charge in [-0.05, 0) is 66.1 Å². The largest absolute Gasteiger partial charge is 0.370 e. The number of hydrogen-bond donors (Lipinski definition) is 1. The summed E-state index contributed by atoms with van der Waals surface area (Å²) in [4.78, 5) is 22.6. The lowest BCUT2D eigenvalue weighted by molar-refractivity contribution is 0.527. The van der Waals surface area contributed by atoms with Crippen LogP contribution in [-0.2, 0) is 17.1 Å². The molecule has 3 aromatic heterocycles. The molecule has 0 unspecified atom stereocenters. The number of pyridine rings is 2. The molecule has 1 N–H and O–H groups in total. The molecular formula is C30H28N6O3S. The van der Waals surface area contributed by atoms with Gasteiger partial charge in [-0.25, -0.2) is 18.2 Å². The molecule has 10 heteroatoms. The van der Waals surface area contributed by atoms with Crippen LogP contribution in [0.5, 0.6) is 0 Å². The van der Waals surface area contributed by atoms with E-state index in [0.717, 1.165) is 62.2 Å². The molecule has 0 spiro atoms. The highest BCUT2D eigenvalue weighted by atomic mass is 32.2. The fraction of sp³-hybridized carbons (Fsp3) is 0.167. The standard InChI is InChI=1S/C30H28N6O3S/c1-4-31-28-12-8-23(18-33-28)22-7-11-26-25(17-22)29-27(19-32-26)34(2)30(37)36(29)24-9-5-20(6-10-24)21-13-15-35(16-14-21)40(3,38)39/h5-15,17-19H,4,16H2,1-3H3,(H,31,33). The minimum atomic E-state index is -3.29. The number of nitrogens with one attached hydrogen (secondary N) is 1. The summed E-state index contributed by atoms with van der Waals surface area (Å²) in [6.45, 7) is 3.11. The van der Waals surface area contributed by atoms with E-state index in [1.165, 1.54) is 10.6 Å². The Morgan fingerprint density at radius 2 is 1.70 bits per heavy atom. The van der Waals surface area contributed by atoms with Crippen LogP contribution >= 0.6 is 0 Å². The van der Waals surface area contributed by atoms with Gasteiger partial charge in [0.2, 0.25) is 10.0 Å². The van der Waals surface area contributed by atoms with Gasteiger partial charge in [-0.2, -0.15) is 0 Å². The number of imidazole rings is 1. The Morgan fingerprint density at radius 1 is 0.950 bits per heavy atom. The topological polar surface area (TPSA) is 102 Å². The minimum absolute atomic E-state index is 0.167. The highest BCUT2D eigenvalue weighted by molar-refractivity contribution is 7.88. The van der Waals surface area contributed by atoms with Gasteiger partial charge in [0.05, 0.1) is 41.2 Å². The SMILES string of the molecule is CCNc1ccc(-c2ccc3ncc4c(c3c2)n(-c2ccc(C3=CCN(S(C)(=O)=O)C=C3)cc2)c(=O)n4C)cn1. The first kappa shape index (κ1) is 25.6. The first-order valence-corrected chi connectivity index (χ1v) is 14.8. The Morgan fingerprint density at radius 3 is 2.35 bits per heavy atom. The Hall–Kier alpha value is -4.70. The smallest absolute Gasteiger partial charge is 0.333 e. The number of sulfonamides is 1. The van der Waals surface area contributed by atoms with E-state index in [1.807, 2.05) is 67.7 Å². The van der Waals surface area contributed by atoms with E-state index in [0.29, 0.717) is 0 Å². The fourth-order valence-electron chi connectivity index (χ4n) is 5.01. The summed E-state index contributed by atoms with van der Waals surface area (Å²) in [5, 5.41) is 4.08. The molecular weight excluding hydrogens is 524 g/mol. The van der Waals surface area contributed by atoms with Crippen molar-refractivity contribution in [1.82, 2.24) is 23.4 Å². The Kier molecular flexibility index (Phi) is 6.26. The van der Waals surface area contributed by atoms with Crippen molar-refractivity contribution >= 4 is 43.4 Å². The van der Waals surface area contributed by atoms with E-state index in [9.17, 15) is 13.2 Å². The van der Waals surface area contributed by atoms with Crippen molar-refractivity contribution in [3.05, 3.63) is 101 Å². The zero-order valence-corrected chi connectivity index (χ0v) is 23.2. The lowest BCUT2D eigenvalue weighted by Gasteiger charge is -2.20. The maximum atomic E-state index is 13.5. The van der Waals surface area contributed by atoms with Crippen molar-refractivity contribution in [3.8, 4) is 16.8 Å². The van der Waals surface area contributed by atoms with Crippen LogP contribution in [0.4, 0.5) is 5.82 Å². The summed E-state index contributed by atoms with van der Waals surface area (Å²) in [6.07, 6.45) is 10.00. The van der Waals surface area contributed by atoms with Crippen LogP contribution in [0.1, 0.15) is 12.5 Å². The third-order valence-electron chi connectivity index (χ3n) is 7.13. The van der Waals surface area contributed by atoms with E-state index >= 15 is 0 Å². The highest BCUT2D eigenvalue weighted by Gasteiger charge is 2.18. The van der Waals surface area contributed by atoms with Gasteiger partial charge < -0.3 is 5.32 Å². The van der Waals surface area contributed by atoms with Gasteiger partial charge in [0.25, 0.3) is 0 Å². The molecule has 2 aromatic carbocycles. The summed E-state index contributed by atoms with van der Waals surface area (Å²) in [5.41, 5.74) is 6.67. The van der Waals surface area contributed by atoms with Gasteiger partial charge in [0, 0.05) is 36.9 Å². The van der Waals surface area contributed by atoms with Gasteiger partial charge >= 0.3 is 5.69 Å². The fourth-order valence-corrected chi connectivity index (χ4v) is 5.64. The van der Waals surface area contributed by atoms with Crippen molar-refractivity contribution < 1.29 is 8.42 Å². The second kappa shape index (κ2) is 9.80. The molecule has 0 fully saturated rings. The number of aromatic nitrogens is 4. The van der Waals surface area contributed by atoms with Crippen LogP contribution in [0.15, 0.2) is 90.1 Å². The van der Waals surface area contributed by atoms with Crippen LogP contribution in [0, 0.1) is 0 Å². The molecule has 202 valence electrons. The molecule has 40 heavy (non-hydrogen) atoms. The van der Waals surface area contributed by atoms with Gasteiger partial charge in [-0.1, -0.05) is 24.3 Å². The van der Waals surface area contributed by atoms with Crippen LogP contribution < -0.4 is 11.0 Å². The lowest BCUT2D eigenvalue weighted by atomic mass is 10.0. The number of nitrogens with zero attached hydrogens (tertiary/aromatic N) is 5. The molecule has 0 aliphatic carbocycles. The number of anilines is 1. The first-order chi connectivity index (χ1) is 19.2. The summed E-state index contributed by atoms with van der Waals surface area (Å²) in [6, 6.07) is 17.7. The van der Waals surface area contributed by atoms with Crippen molar-refractivity contribution in [2.24, 2.45) is 7.05 Å². The summed E-state index contributed by atoms with van der Waals surface area (Å²) in [7, 11) is -1.54.